The monoisotopic (exact) mass is 221 g/mol. The average molecular weight is 221 g/mol. The maximum absolute atomic E-state index is 10.8. The van der Waals surface area contributed by atoms with Crippen LogP contribution in [0.25, 0.3) is 0 Å². The van der Waals surface area contributed by atoms with Crippen LogP contribution in [-0.4, -0.2) is 34.1 Å². The molecule has 1 heterocycles. The number of aromatic carboxylic acids is 1. The summed E-state index contributed by atoms with van der Waals surface area (Å²) in [6.07, 6.45) is 4.14. The molecule has 0 aliphatic heterocycles. The van der Waals surface area contributed by atoms with Gasteiger partial charge in [-0.3, -0.25) is 0 Å². The van der Waals surface area contributed by atoms with Gasteiger partial charge in [0.05, 0.1) is 0 Å². The molecule has 0 saturated carbocycles. The van der Waals surface area contributed by atoms with Crippen molar-refractivity contribution in [2.24, 2.45) is 0 Å². The highest BCUT2D eigenvalue weighted by Crippen LogP contribution is 2.08. The molecule has 1 rings (SSSR count). The van der Waals surface area contributed by atoms with E-state index in [1.54, 1.807) is 6.08 Å². The average Bonchev–Trinajstić information content (AvgIpc) is 2.29. The summed E-state index contributed by atoms with van der Waals surface area (Å²) in [6, 6.07) is 1.38. The molecule has 0 aliphatic rings. The number of carboxylic acid groups (broad SMARTS) is 1. The van der Waals surface area contributed by atoms with Crippen LogP contribution >= 0.6 is 0 Å². The van der Waals surface area contributed by atoms with Gasteiger partial charge in [0.2, 0.25) is 5.95 Å². The van der Waals surface area contributed by atoms with E-state index in [4.69, 9.17) is 5.11 Å². The minimum atomic E-state index is -1.04. The molecule has 0 aliphatic carbocycles. The summed E-state index contributed by atoms with van der Waals surface area (Å²) in [7, 11) is 0. The molecule has 16 heavy (non-hydrogen) atoms. The second-order valence-electron chi connectivity index (χ2n) is 3.28. The quantitative estimate of drug-likeness (QED) is 0.739. The Kier molecular flexibility index (Phi) is 4.44. The summed E-state index contributed by atoms with van der Waals surface area (Å²) in [4.78, 5) is 20.7. The summed E-state index contributed by atoms with van der Waals surface area (Å²) >= 11 is 0. The van der Waals surface area contributed by atoms with E-state index in [0.29, 0.717) is 12.5 Å². The minimum Gasteiger partial charge on any atom is -0.477 e. The van der Waals surface area contributed by atoms with Gasteiger partial charge >= 0.3 is 5.97 Å². The third kappa shape index (κ3) is 3.05. The van der Waals surface area contributed by atoms with E-state index in [1.807, 2.05) is 11.8 Å². The Bertz CT molecular complexity index is 379. The molecular formula is C11H15N3O2. The standard InChI is InChI=1S/C11H15N3O2/c1-3-7-14(8-4-2)11-12-6-5-9(13-11)10(15)16/h3,5-6H,1,4,7-8H2,2H3,(H,15,16). The molecule has 0 spiro atoms. The van der Waals surface area contributed by atoms with Gasteiger partial charge in [0.15, 0.2) is 5.69 Å². The van der Waals surface area contributed by atoms with Gasteiger partial charge in [-0.1, -0.05) is 13.0 Å². The van der Waals surface area contributed by atoms with E-state index >= 15 is 0 Å². The molecule has 86 valence electrons. The first-order chi connectivity index (χ1) is 7.69. The van der Waals surface area contributed by atoms with Crippen LogP contribution in [0.3, 0.4) is 0 Å². The number of aromatic nitrogens is 2. The van der Waals surface area contributed by atoms with E-state index < -0.39 is 5.97 Å². The van der Waals surface area contributed by atoms with Crippen molar-refractivity contribution in [1.82, 2.24) is 9.97 Å². The van der Waals surface area contributed by atoms with Crippen LogP contribution in [0.4, 0.5) is 5.95 Å². The van der Waals surface area contributed by atoms with Crippen LogP contribution in [0.1, 0.15) is 23.8 Å². The highest BCUT2D eigenvalue weighted by molar-refractivity contribution is 5.85. The maximum Gasteiger partial charge on any atom is 0.354 e. The lowest BCUT2D eigenvalue weighted by Gasteiger charge is -2.19. The summed E-state index contributed by atoms with van der Waals surface area (Å²) < 4.78 is 0. The van der Waals surface area contributed by atoms with Crippen LogP contribution in [-0.2, 0) is 0 Å². The van der Waals surface area contributed by atoms with Crippen LogP contribution in [0.2, 0.25) is 0 Å². The molecule has 5 nitrogen and oxygen atoms in total. The van der Waals surface area contributed by atoms with Crippen molar-refractivity contribution in [3.63, 3.8) is 0 Å². The predicted molar refractivity (Wildman–Crippen MR) is 61.7 cm³/mol. The normalized spacial score (nSPS) is 9.81. The van der Waals surface area contributed by atoms with Crippen molar-refractivity contribution in [3.05, 3.63) is 30.6 Å². The number of carboxylic acids is 1. The zero-order valence-corrected chi connectivity index (χ0v) is 9.26. The molecule has 1 N–H and O–H groups in total. The van der Waals surface area contributed by atoms with Crippen LogP contribution in [0, 0.1) is 0 Å². The zero-order valence-electron chi connectivity index (χ0n) is 9.26. The molecule has 0 unspecified atom stereocenters. The first kappa shape index (κ1) is 12.2. The highest BCUT2D eigenvalue weighted by Gasteiger charge is 2.10. The summed E-state index contributed by atoms with van der Waals surface area (Å²) in [5.74, 6) is -0.611. The third-order valence-corrected chi connectivity index (χ3v) is 1.99. The summed E-state index contributed by atoms with van der Waals surface area (Å²) in [6.45, 7) is 7.07. The van der Waals surface area contributed by atoms with E-state index in [2.05, 4.69) is 16.5 Å². The first-order valence-electron chi connectivity index (χ1n) is 5.11. The number of anilines is 1. The number of rotatable bonds is 6. The van der Waals surface area contributed by atoms with Crippen molar-refractivity contribution in [1.29, 1.82) is 0 Å². The fourth-order valence-corrected chi connectivity index (χ4v) is 1.32. The minimum absolute atomic E-state index is 0.00941. The van der Waals surface area contributed by atoms with Gasteiger partial charge in [0.25, 0.3) is 0 Å². The number of hydrogen-bond donors (Lipinski definition) is 1. The highest BCUT2D eigenvalue weighted by atomic mass is 16.4. The van der Waals surface area contributed by atoms with Gasteiger partial charge in [-0.25, -0.2) is 14.8 Å². The lowest BCUT2D eigenvalue weighted by molar-refractivity contribution is 0.0690. The Hall–Kier alpha value is -1.91. The molecule has 0 bridgehead atoms. The molecule has 0 amide bonds. The van der Waals surface area contributed by atoms with E-state index in [0.717, 1.165) is 13.0 Å². The largest absolute Gasteiger partial charge is 0.477 e. The Balaban J connectivity index is 2.94. The van der Waals surface area contributed by atoms with Crippen LogP contribution in [0.5, 0.6) is 0 Å². The second-order valence-corrected chi connectivity index (χ2v) is 3.28. The van der Waals surface area contributed by atoms with Gasteiger partial charge in [-0.15, -0.1) is 6.58 Å². The summed E-state index contributed by atoms with van der Waals surface area (Å²) in [5.41, 5.74) is 0.00941. The van der Waals surface area contributed by atoms with E-state index in [1.165, 1.54) is 12.3 Å². The van der Waals surface area contributed by atoms with Crippen LogP contribution in [0.15, 0.2) is 24.9 Å². The number of nitrogens with zero attached hydrogens (tertiary/aromatic N) is 3. The molecule has 0 saturated heterocycles. The van der Waals surface area contributed by atoms with E-state index in [-0.39, 0.29) is 5.69 Å². The van der Waals surface area contributed by atoms with E-state index in [9.17, 15) is 4.79 Å². The molecule has 1 aromatic rings. The van der Waals surface area contributed by atoms with Crippen molar-refractivity contribution < 1.29 is 9.90 Å². The van der Waals surface area contributed by atoms with Gasteiger partial charge in [0.1, 0.15) is 0 Å². The first-order valence-corrected chi connectivity index (χ1v) is 5.11. The summed E-state index contributed by atoms with van der Waals surface area (Å²) in [5, 5.41) is 8.82. The Morgan fingerprint density at radius 2 is 2.44 bits per heavy atom. The van der Waals surface area contributed by atoms with Gasteiger partial charge in [0, 0.05) is 19.3 Å². The zero-order chi connectivity index (χ0) is 12.0. The van der Waals surface area contributed by atoms with Crippen molar-refractivity contribution in [2.75, 3.05) is 18.0 Å². The number of hydrogen-bond acceptors (Lipinski definition) is 4. The fraction of sp³-hybridized carbons (Fsp3) is 0.364. The molecular weight excluding hydrogens is 206 g/mol. The third-order valence-electron chi connectivity index (χ3n) is 1.99. The SMILES string of the molecule is C=CCN(CCC)c1nccc(C(=O)O)n1. The molecule has 0 fully saturated rings. The Morgan fingerprint density at radius 1 is 1.69 bits per heavy atom. The predicted octanol–water partition coefficient (Wildman–Crippen LogP) is 1.58. The maximum atomic E-state index is 10.8. The molecule has 5 heteroatoms. The molecule has 0 atom stereocenters. The van der Waals surface area contributed by atoms with Gasteiger partial charge in [-0.2, -0.15) is 0 Å². The number of carbonyl (C=O) groups is 1. The topological polar surface area (TPSA) is 66.3 Å². The van der Waals surface area contributed by atoms with Crippen molar-refractivity contribution >= 4 is 11.9 Å². The van der Waals surface area contributed by atoms with Crippen molar-refractivity contribution in [3.8, 4) is 0 Å². The van der Waals surface area contributed by atoms with Gasteiger partial charge in [-0.05, 0) is 12.5 Å². The van der Waals surface area contributed by atoms with Crippen LogP contribution < -0.4 is 4.90 Å². The fourth-order valence-electron chi connectivity index (χ4n) is 1.32. The lowest BCUT2D eigenvalue weighted by Crippen LogP contribution is -2.26. The van der Waals surface area contributed by atoms with Crippen molar-refractivity contribution in [2.45, 2.75) is 13.3 Å². The molecule has 0 radical (unpaired) electrons. The Labute approximate surface area is 94.5 Å². The lowest BCUT2D eigenvalue weighted by atomic mass is 10.4. The Morgan fingerprint density at radius 3 is 3.00 bits per heavy atom. The second kappa shape index (κ2) is 5.85. The smallest absolute Gasteiger partial charge is 0.354 e. The van der Waals surface area contributed by atoms with Gasteiger partial charge < -0.3 is 10.0 Å². The molecule has 0 aromatic carbocycles. The molecule has 1 aromatic heterocycles.